The molecule has 0 aromatic heterocycles. The Labute approximate surface area is 190 Å². The van der Waals surface area contributed by atoms with Crippen LogP contribution in [-0.4, -0.2) is 84.6 Å². The van der Waals surface area contributed by atoms with Gasteiger partial charge in [0.15, 0.2) is 0 Å². The van der Waals surface area contributed by atoms with Gasteiger partial charge in [-0.25, -0.2) is 4.79 Å². The lowest BCUT2D eigenvalue weighted by atomic mass is 10.1. The number of nitrogens with zero attached hydrogens (tertiary/aromatic N) is 2. The second-order valence-electron chi connectivity index (χ2n) is 8.11. The van der Waals surface area contributed by atoms with Crippen molar-refractivity contribution in [2.24, 2.45) is 16.5 Å². The lowest BCUT2D eigenvalue weighted by Gasteiger charge is -2.41. The molecule has 1 aromatic rings. The topological polar surface area (TPSA) is 207 Å². The number of aliphatic carboxylic acids is 2. The molecule has 0 bridgehead atoms. The van der Waals surface area contributed by atoms with Gasteiger partial charge in [-0.05, 0) is 30.7 Å². The van der Waals surface area contributed by atoms with E-state index >= 15 is 0 Å². The molecule has 1 aromatic carbocycles. The third-order valence-electron chi connectivity index (χ3n) is 5.54. The van der Waals surface area contributed by atoms with Crippen LogP contribution < -0.4 is 37.6 Å². The summed E-state index contributed by atoms with van der Waals surface area (Å²) in [7, 11) is 1.91. The number of amides is 1. The number of fused-ring (bicyclic) bond motifs is 1. The number of rotatable bonds is 9. The van der Waals surface area contributed by atoms with Crippen molar-refractivity contribution in [1.82, 2.24) is 21.3 Å². The quantitative estimate of drug-likeness (QED) is 0.194. The molecule has 2 aliphatic heterocycles. The second kappa shape index (κ2) is 10.6. The van der Waals surface area contributed by atoms with Gasteiger partial charge in [-0.2, -0.15) is 0 Å². The summed E-state index contributed by atoms with van der Waals surface area (Å²) in [6.45, 7) is 1.18. The van der Waals surface area contributed by atoms with Crippen molar-refractivity contribution in [3.8, 4) is 0 Å². The van der Waals surface area contributed by atoms with E-state index in [-0.39, 0.29) is 36.7 Å². The standard InChI is InChI=1S/C20H30N8O5/c1-28(9-11-8-23-17-15(24-11)16(21)26-20(22)27-17)12-4-2-10(3-5-12)18(31)25-13(19(32)33)6-7-14(29)30/h2-5,11,13,15-16,20,24,26H,6-9,21-22H2,1H3,(H,23,27)(H,25,31)(H,29,30)(H,32,33). The summed E-state index contributed by atoms with van der Waals surface area (Å²) in [6.07, 6.45) is -1.35. The number of nitrogens with one attached hydrogen (secondary N) is 4. The minimum atomic E-state index is -1.28. The number of aliphatic imine (C=N–C) groups is 1. The summed E-state index contributed by atoms with van der Waals surface area (Å²) in [6, 6.07) is 5.29. The van der Waals surface area contributed by atoms with Gasteiger partial charge in [0, 0.05) is 37.3 Å². The van der Waals surface area contributed by atoms with E-state index < -0.39 is 30.2 Å². The van der Waals surface area contributed by atoms with E-state index in [4.69, 9.17) is 16.6 Å². The summed E-state index contributed by atoms with van der Waals surface area (Å²) < 4.78 is 0. The molecule has 1 fully saturated rings. The lowest BCUT2D eigenvalue weighted by molar-refractivity contribution is -0.140. The SMILES string of the molecule is CN(CC1CN=C2NC(N)NC(N)C2N1)c1ccc(C(=O)NC(CCC(=O)O)C(=O)O)cc1. The summed E-state index contributed by atoms with van der Waals surface area (Å²) >= 11 is 0. The Morgan fingerprint density at radius 2 is 1.91 bits per heavy atom. The van der Waals surface area contributed by atoms with Crippen LogP contribution in [0.1, 0.15) is 23.2 Å². The van der Waals surface area contributed by atoms with Crippen LogP contribution in [0.4, 0.5) is 5.69 Å². The van der Waals surface area contributed by atoms with Crippen molar-refractivity contribution in [2.45, 2.75) is 43.4 Å². The Kier molecular flexibility index (Phi) is 7.81. The zero-order chi connectivity index (χ0) is 24.1. The van der Waals surface area contributed by atoms with Crippen molar-refractivity contribution < 1.29 is 24.6 Å². The molecule has 0 aliphatic carbocycles. The minimum absolute atomic E-state index is 0.0428. The fourth-order valence-electron chi connectivity index (χ4n) is 3.79. The largest absolute Gasteiger partial charge is 0.481 e. The first-order chi connectivity index (χ1) is 15.6. The molecule has 3 rings (SSSR count). The van der Waals surface area contributed by atoms with Crippen LogP contribution in [0.2, 0.25) is 0 Å². The zero-order valence-electron chi connectivity index (χ0n) is 18.2. The first-order valence-corrected chi connectivity index (χ1v) is 10.5. The van der Waals surface area contributed by atoms with Gasteiger partial charge < -0.3 is 31.5 Å². The van der Waals surface area contributed by atoms with Crippen LogP contribution in [0.5, 0.6) is 0 Å². The summed E-state index contributed by atoms with van der Waals surface area (Å²) in [5.74, 6) is -2.25. The van der Waals surface area contributed by atoms with Crippen LogP contribution >= 0.6 is 0 Å². The first kappa shape index (κ1) is 24.4. The Morgan fingerprint density at radius 3 is 2.55 bits per heavy atom. The summed E-state index contributed by atoms with van der Waals surface area (Å²) in [4.78, 5) is 40.9. The maximum absolute atomic E-state index is 12.4. The molecule has 2 heterocycles. The first-order valence-electron chi connectivity index (χ1n) is 10.5. The lowest BCUT2D eigenvalue weighted by Crippen LogP contribution is -2.75. The van der Waals surface area contributed by atoms with Gasteiger partial charge in [-0.1, -0.05) is 0 Å². The predicted octanol–water partition coefficient (Wildman–Crippen LogP) is -2.37. The molecule has 2 aliphatic rings. The summed E-state index contributed by atoms with van der Waals surface area (Å²) in [5, 5.41) is 29.9. The number of hydrogen-bond donors (Lipinski definition) is 8. The highest BCUT2D eigenvalue weighted by Gasteiger charge is 2.35. The predicted molar refractivity (Wildman–Crippen MR) is 121 cm³/mol. The third-order valence-corrected chi connectivity index (χ3v) is 5.54. The number of hydrogen-bond acceptors (Lipinski definition) is 10. The maximum Gasteiger partial charge on any atom is 0.326 e. The Morgan fingerprint density at radius 1 is 1.21 bits per heavy atom. The van der Waals surface area contributed by atoms with Crippen LogP contribution in [0.3, 0.4) is 0 Å². The zero-order valence-corrected chi connectivity index (χ0v) is 18.2. The van der Waals surface area contributed by atoms with E-state index in [1.165, 1.54) is 0 Å². The van der Waals surface area contributed by atoms with E-state index in [0.717, 1.165) is 11.5 Å². The molecular formula is C20H30N8O5. The van der Waals surface area contributed by atoms with E-state index in [2.05, 4.69) is 26.3 Å². The molecule has 0 radical (unpaired) electrons. The van der Waals surface area contributed by atoms with Gasteiger partial charge in [-0.3, -0.25) is 30.9 Å². The van der Waals surface area contributed by atoms with Crippen LogP contribution in [-0.2, 0) is 9.59 Å². The Bertz CT molecular complexity index is 908. The highest BCUT2D eigenvalue weighted by Crippen LogP contribution is 2.16. The van der Waals surface area contributed by atoms with E-state index in [1.54, 1.807) is 24.3 Å². The molecule has 5 atom stereocenters. The number of likely N-dealkylation sites (N-methyl/N-ethyl adjacent to an activating group) is 1. The summed E-state index contributed by atoms with van der Waals surface area (Å²) in [5.41, 5.74) is 13.1. The molecular weight excluding hydrogens is 432 g/mol. The number of nitrogens with two attached hydrogens (primary N) is 2. The van der Waals surface area contributed by atoms with Crippen LogP contribution in [0.25, 0.3) is 0 Å². The van der Waals surface area contributed by atoms with Crippen molar-refractivity contribution in [3.05, 3.63) is 29.8 Å². The Balaban J connectivity index is 1.56. The average Bonchev–Trinajstić information content (AvgIpc) is 2.76. The van der Waals surface area contributed by atoms with Gasteiger partial charge >= 0.3 is 11.9 Å². The van der Waals surface area contributed by atoms with Crippen molar-refractivity contribution >= 4 is 29.4 Å². The van der Waals surface area contributed by atoms with Crippen molar-refractivity contribution in [1.29, 1.82) is 0 Å². The molecule has 1 saturated heterocycles. The normalized spacial score (nSPS) is 25.1. The minimum Gasteiger partial charge on any atom is -0.481 e. The number of carboxylic acids is 2. The highest BCUT2D eigenvalue weighted by molar-refractivity contribution is 5.97. The molecule has 33 heavy (non-hydrogen) atoms. The van der Waals surface area contributed by atoms with Crippen molar-refractivity contribution in [3.63, 3.8) is 0 Å². The molecule has 1 amide bonds. The molecule has 5 unspecified atom stereocenters. The molecule has 180 valence electrons. The number of anilines is 1. The smallest absolute Gasteiger partial charge is 0.326 e. The number of carbonyl (C=O) groups excluding carboxylic acids is 1. The van der Waals surface area contributed by atoms with Crippen molar-refractivity contribution in [2.75, 3.05) is 25.0 Å². The second-order valence-corrected chi connectivity index (χ2v) is 8.11. The third kappa shape index (κ3) is 6.38. The molecule has 0 saturated carbocycles. The van der Waals surface area contributed by atoms with Crippen LogP contribution in [0, 0.1) is 0 Å². The van der Waals surface area contributed by atoms with Gasteiger partial charge in [0.2, 0.25) is 0 Å². The van der Waals surface area contributed by atoms with Gasteiger partial charge in [0.05, 0.1) is 18.8 Å². The molecule has 0 spiro atoms. The maximum atomic E-state index is 12.4. The number of benzene rings is 1. The highest BCUT2D eigenvalue weighted by atomic mass is 16.4. The monoisotopic (exact) mass is 462 g/mol. The van der Waals surface area contributed by atoms with E-state index in [0.29, 0.717) is 13.1 Å². The van der Waals surface area contributed by atoms with E-state index in [9.17, 15) is 19.5 Å². The fourth-order valence-corrected chi connectivity index (χ4v) is 3.79. The van der Waals surface area contributed by atoms with Crippen LogP contribution in [0.15, 0.2) is 29.3 Å². The van der Waals surface area contributed by atoms with Gasteiger partial charge in [0.25, 0.3) is 5.91 Å². The number of amidine groups is 1. The molecule has 10 N–H and O–H groups in total. The van der Waals surface area contributed by atoms with Gasteiger partial charge in [0.1, 0.15) is 18.2 Å². The molecule has 13 nitrogen and oxygen atoms in total. The fraction of sp³-hybridized carbons (Fsp3) is 0.500. The van der Waals surface area contributed by atoms with E-state index in [1.807, 2.05) is 11.9 Å². The number of carbonyl (C=O) groups is 3. The molecule has 13 heteroatoms. The Hall–Kier alpha value is -3.26. The number of carboxylic acid groups (broad SMARTS) is 2. The van der Waals surface area contributed by atoms with Gasteiger partial charge in [-0.15, -0.1) is 0 Å². The average molecular weight is 463 g/mol.